The Morgan fingerprint density at radius 1 is 1.05 bits per heavy atom. The summed E-state index contributed by atoms with van der Waals surface area (Å²) in [6, 6.07) is 0.620. The second-order valence-corrected chi connectivity index (χ2v) is 6.54. The molecule has 5 nitrogen and oxygen atoms in total. The molecule has 0 radical (unpaired) electrons. The highest BCUT2D eigenvalue weighted by Crippen LogP contribution is 2.35. The van der Waals surface area contributed by atoms with E-state index in [0.717, 1.165) is 6.42 Å². The summed E-state index contributed by atoms with van der Waals surface area (Å²) in [5.41, 5.74) is 5.33. The van der Waals surface area contributed by atoms with Crippen molar-refractivity contribution in [2.45, 2.75) is 58.1 Å². The topological polar surface area (TPSA) is 70.8 Å². The zero-order chi connectivity index (χ0) is 14.7. The minimum absolute atomic E-state index is 0.245. The highest BCUT2D eigenvalue weighted by atomic mass is 28.3. The predicted molar refractivity (Wildman–Crippen MR) is 76.6 cm³/mol. The van der Waals surface area contributed by atoms with Crippen molar-refractivity contribution >= 4 is 8.68 Å². The zero-order valence-electron chi connectivity index (χ0n) is 12.7. The van der Waals surface area contributed by atoms with Gasteiger partial charge in [-0.05, 0) is 46.2 Å². The van der Waals surface area contributed by atoms with Gasteiger partial charge in [-0.2, -0.15) is 0 Å². The lowest BCUT2D eigenvalue weighted by Crippen LogP contribution is -2.47. The number of rotatable bonds is 12. The average molecular weight is 291 g/mol. The summed E-state index contributed by atoms with van der Waals surface area (Å²) in [6.07, 6.45) is 1.48. The van der Waals surface area contributed by atoms with Gasteiger partial charge >= 0.3 is 0 Å². The van der Waals surface area contributed by atoms with Gasteiger partial charge in [0.2, 0.25) is 0 Å². The molecule has 0 bridgehead atoms. The minimum atomic E-state index is -1.84. The molecule has 6 heteroatoms. The smallest absolute Gasteiger partial charge is 0.289 e. The van der Waals surface area contributed by atoms with Crippen molar-refractivity contribution in [2.75, 3.05) is 26.4 Å². The average Bonchev–Trinajstić information content (AvgIpc) is 2.39. The fourth-order valence-electron chi connectivity index (χ4n) is 2.13. The Morgan fingerprint density at radius 2 is 1.53 bits per heavy atom. The van der Waals surface area contributed by atoms with Crippen molar-refractivity contribution in [1.82, 2.24) is 0 Å². The van der Waals surface area contributed by atoms with Gasteiger partial charge in [-0.15, -0.1) is 0 Å². The van der Waals surface area contributed by atoms with Crippen molar-refractivity contribution in [3.63, 3.8) is 0 Å². The summed E-state index contributed by atoms with van der Waals surface area (Å²) >= 11 is 0. The van der Waals surface area contributed by atoms with Gasteiger partial charge in [0.25, 0.3) is 14.7 Å². The second-order valence-electron chi connectivity index (χ2n) is 4.21. The molecule has 19 heavy (non-hydrogen) atoms. The highest BCUT2D eigenvalue weighted by molar-refractivity contribution is 6.44. The summed E-state index contributed by atoms with van der Waals surface area (Å²) in [4.78, 5) is 0. The van der Waals surface area contributed by atoms with Gasteiger partial charge in [-0.1, -0.05) is 6.92 Å². The van der Waals surface area contributed by atoms with E-state index >= 15 is 0 Å². The molecule has 0 aliphatic heterocycles. The highest BCUT2D eigenvalue weighted by Gasteiger charge is 2.46. The molecular formula is C13H29NO4Si. The SMILES string of the molecule is CCOC(OCC)(OCC)C(CCCN)[Si](=O)CC. The Bertz CT molecular complexity index is 234. The number of hydrogen-bond acceptors (Lipinski definition) is 5. The molecule has 0 heterocycles. The first kappa shape index (κ1) is 18.9. The summed E-state index contributed by atoms with van der Waals surface area (Å²) in [5.74, 6) is -1.18. The Morgan fingerprint density at radius 3 is 1.84 bits per heavy atom. The molecule has 114 valence electrons. The lowest BCUT2D eigenvalue weighted by molar-refractivity contribution is -0.379. The van der Waals surface area contributed by atoms with Crippen LogP contribution in [0.25, 0.3) is 0 Å². The van der Waals surface area contributed by atoms with Crippen molar-refractivity contribution in [1.29, 1.82) is 0 Å². The Hall–Kier alpha value is -0.143. The molecule has 0 rings (SSSR count). The number of nitrogens with two attached hydrogens (primary N) is 1. The quantitative estimate of drug-likeness (QED) is 0.441. The molecule has 2 N–H and O–H groups in total. The van der Waals surface area contributed by atoms with E-state index in [9.17, 15) is 4.46 Å². The summed E-state index contributed by atoms with van der Waals surface area (Å²) in [5, 5.41) is 0. The van der Waals surface area contributed by atoms with E-state index in [2.05, 4.69) is 0 Å². The molecule has 0 aliphatic rings. The van der Waals surface area contributed by atoms with E-state index < -0.39 is 14.7 Å². The minimum Gasteiger partial charge on any atom is -0.388 e. The van der Waals surface area contributed by atoms with Crippen LogP contribution in [-0.2, 0) is 18.7 Å². The fourth-order valence-corrected chi connectivity index (χ4v) is 3.80. The standard InChI is InChI=1S/C13H29NO4Si/c1-5-16-13(17-6-2,18-7-3)12(10-9-11-14)19(15)8-4/h12H,5-11,14H2,1-4H3. The molecule has 0 amide bonds. The third-order valence-corrected chi connectivity index (χ3v) is 5.01. The van der Waals surface area contributed by atoms with Crippen molar-refractivity contribution in [3.8, 4) is 0 Å². The zero-order valence-corrected chi connectivity index (χ0v) is 13.7. The van der Waals surface area contributed by atoms with E-state index in [1.54, 1.807) is 0 Å². The van der Waals surface area contributed by atoms with E-state index in [0.29, 0.717) is 38.8 Å². The van der Waals surface area contributed by atoms with Gasteiger partial charge in [0.1, 0.15) is 0 Å². The van der Waals surface area contributed by atoms with Crippen LogP contribution < -0.4 is 5.73 Å². The van der Waals surface area contributed by atoms with Crippen LogP contribution >= 0.6 is 0 Å². The maximum atomic E-state index is 12.4. The lowest BCUT2D eigenvalue weighted by atomic mass is 10.2. The van der Waals surface area contributed by atoms with E-state index in [4.69, 9.17) is 19.9 Å². The molecule has 0 aromatic rings. The van der Waals surface area contributed by atoms with E-state index in [-0.39, 0.29) is 5.54 Å². The lowest BCUT2D eigenvalue weighted by Gasteiger charge is -2.37. The first-order valence-electron chi connectivity index (χ1n) is 7.26. The molecular weight excluding hydrogens is 262 g/mol. The molecule has 0 aromatic heterocycles. The Kier molecular flexibility index (Phi) is 10.5. The van der Waals surface area contributed by atoms with E-state index in [1.807, 2.05) is 27.7 Å². The molecule has 0 spiro atoms. The van der Waals surface area contributed by atoms with Gasteiger partial charge in [0, 0.05) is 19.8 Å². The monoisotopic (exact) mass is 291 g/mol. The summed E-state index contributed by atoms with van der Waals surface area (Å²) < 4.78 is 29.6. The van der Waals surface area contributed by atoms with Crippen LogP contribution in [0, 0.1) is 0 Å². The van der Waals surface area contributed by atoms with Gasteiger partial charge < -0.3 is 24.4 Å². The van der Waals surface area contributed by atoms with Gasteiger partial charge in [-0.25, -0.2) is 0 Å². The van der Waals surface area contributed by atoms with Crippen LogP contribution in [0.1, 0.15) is 40.5 Å². The fraction of sp³-hybridized carbons (Fsp3) is 1.00. The van der Waals surface area contributed by atoms with Crippen molar-refractivity contribution in [2.24, 2.45) is 5.73 Å². The van der Waals surface area contributed by atoms with E-state index in [1.165, 1.54) is 0 Å². The molecule has 0 fully saturated rings. The van der Waals surface area contributed by atoms with Gasteiger partial charge in [0.05, 0.1) is 5.54 Å². The van der Waals surface area contributed by atoms with Crippen molar-refractivity contribution in [3.05, 3.63) is 0 Å². The largest absolute Gasteiger partial charge is 0.388 e. The Balaban J connectivity index is 5.21. The number of ether oxygens (including phenoxy) is 3. The Labute approximate surface area is 118 Å². The van der Waals surface area contributed by atoms with Gasteiger partial charge in [0.15, 0.2) is 0 Å². The third-order valence-electron chi connectivity index (χ3n) is 2.90. The molecule has 1 unspecified atom stereocenters. The molecule has 0 aromatic carbocycles. The van der Waals surface area contributed by atoms with Crippen LogP contribution in [-0.4, -0.2) is 41.0 Å². The van der Waals surface area contributed by atoms with Gasteiger partial charge in [-0.3, -0.25) is 0 Å². The normalized spacial score (nSPS) is 13.5. The molecule has 0 saturated heterocycles. The summed E-state index contributed by atoms with van der Waals surface area (Å²) in [6.45, 7) is 9.51. The maximum Gasteiger partial charge on any atom is 0.289 e. The van der Waals surface area contributed by atoms with Crippen LogP contribution in [0.4, 0.5) is 0 Å². The van der Waals surface area contributed by atoms with Crippen LogP contribution in [0.15, 0.2) is 0 Å². The maximum absolute atomic E-state index is 12.4. The molecule has 0 saturated carbocycles. The summed E-state index contributed by atoms with van der Waals surface area (Å²) in [7, 11) is -1.84. The molecule has 0 aliphatic carbocycles. The molecule has 1 atom stereocenters. The third kappa shape index (κ3) is 5.79. The van der Waals surface area contributed by atoms with Crippen LogP contribution in [0.3, 0.4) is 0 Å². The number of hydrogen-bond donors (Lipinski definition) is 1. The second kappa shape index (κ2) is 10.6. The first-order valence-corrected chi connectivity index (χ1v) is 8.95. The van der Waals surface area contributed by atoms with Crippen molar-refractivity contribution < 1.29 is 18.7 Å². The predicted octanol–water partition coefficient (Wildman–Crippen LogP) is 2.30. The van der Waals surface area contributed by atoms with Crippen LogP contribution in [0.2, 0.25) is 11.6 Å². The first-order chi connectivity index (χ1) is 9.11. The van der Waals surface area contributed by atoms with Crippen LogP contribution in [0.5, 0.6) is 0 Å².